The summed E-state index contributed by atoms with van der Waals surface area (Å²) in [6, 6.07) is 18.3. The summed E-state index contributed by atoms with van der Waals surface area (Å²) in [6.45, 7) is 9.93. The summed E-state index contributed by atoms with van der Waals surface area (Å²) < 4.78 is 49.1. The number of nitrogens with one attached hydrogen (secondary N) is 2. The number of benzene rings is 3. The maximum absolute atomic E-state index is 14.7. The number of nitrogens with zero attached hydrogens (tertiary/aromatic N) is 5. The Balaban J connectivity index is 1.42. The van der Waals surface area contributed by atoms with Gasteiger partial charge in [-0.2, -0.15) is 9.97 Å². The Morgan fingerprint density at radius 3 is 2.35 bits per heavy atom. The molecule has 48 heavy (non-hydrogen) atoms. The lowest BCUT2D eigenvalue weighted by Gasteiger charge is -2.38. The van der Waals surface area contributed by atoms with Crippen LogP contribution in [0, 0.1) is 12.7 Å². The zero-order valence-corrected chi connectivity index (χ0v) is 27.9. The van der Waals surface area contributed by atoms with E-state index in [0.29, 0.717) is 22.9 Å². The Kier molecular flexibility index (Phi) is 8.95. The Hall–Kier alpha value is -5.21. The summed E-state index contributed by atoms with van der Waals surface area (Å²) in [4.78, 5) is 26.2. The van der Waals surface area contributed by atoms with Gasteiger partial charge in [0.15, 0.2) is 5.65 Å². The Morgan fingerprint density at radius 2 is 1.69 bits per heavy atom. The molecular formula is C34H37FN8O4S. The van der Waals surface area contributed by atoms with Gasteiger partial charge in [0.1, 0.15) is 17.4 Å². The predicted molar refractivity (Wildman–Crippen MR) is 185 cm³/mol. The normalized spacial score (nSPS) is 14.0. The quantitative estimate of drug-likeness (QED) is 0.180. The molecule has 0 atom stereocenters. The highest BCUT2D eigenvalue weighted by Gasteiger charge is 2.24. The summed E-state index contributed by atoms with van der Waals surface area (Å²) in [5.41, 5.74) is 7.69. The number of aromatic nitrogens is 3. The molecular weight excluding hydrogens is 635 g/mol. The molecule has 0 radical (unpaired) electrons. The molecule has 12 nitrogen and oxygen atoms in total. The van der Waals surface area contributed by atoms with Crippen LogP contribution in [0.2, 0.25) is 0 Å². The van der Waals surface area contributed by atoms with Crippen molar-refractivity contribution in [3.05, 3.63) is 89.9 Å². The number of piperazine rings is 1. The Morgan fingerprint density at radius 1 is 0.958 bits per heavy atom. The van der Waals surface area contributed by atoms with E-state index in [-0.39, 0.29) is 33.6 Å². The molecule has 3 aromatic carbocycles. The average Bonchev–Trinajstić information content (AvgIpc) is 3.50. The summed E-state index contributed by atoms with van der Waals surface area (Å²) in [7, 11) is -2.52. The summed E-state index contributed by atoms with van der Waals surface area (Å²) in [6.07, 6.45) is 1.37. The average molecular weight is 673 g/mol. The number of methoxy groups -OCH3 is 1. The number of carbonyl (C=O) groups is 1. The summed E-state index contributed by atoms with van der Waals surface area (Å²) in [5, 5.41) is 6.46. The number of ether oxygens (including phenoxy) is 1. The van der Waals surface area contributed by atoms with E-state index in [1.807, 2.05) is 25.1 Å². The van der Waals surface area contributed by atoms with Gasteiger partial charge in [-0.15, -0.1) is 0 Å². The maximum atomic E-state index is 14.7. The van der Waals surface area contributed by atoms with Crippen molar-refractivity contribution in [3.63, 3.8) is 0 Å². The van der Waals surface area contributed by atoms with Crippen molar-refractivity contribution in [3.8, 4) is 5.75 Å². The number of hydrogen-bond acceptors (Lipinski definition) is 10. The lowest BCUT2D eigenvalue weighted by atomic mass is 10.1. The fraction of sp³-hybridized carbons (Fsp3) is 0.265. The van der Waals surface area contributed by atoms with E-state index >= 15 is 0 Å². The van der Waals surface area contributed by atoms with Crippen molar-refractivity contribution in [2.75, 3.05) is 48.8 Å². The highest BCUT2D eigenvalue weighted by molar-refractivity contribution is 7.90. The second-order valence-corrected chi connectivity index (χ2v) is 13.7. The molecule has 250 valence electrons. The van der Waals surface area contributed by atoms with Crippen LogP contribution in [-0.2, 0) is 10.0 Å². The molecule has 0 saturated carbocycles. The molecule has 6 rings (SSSR count). The Bertz CT molecular complexity index is 2090. The topological polar surface area (TPSA) is 148 Å². The first-order valence-corrected chi connectivity index (χ1v) is 16.9. The SMILES string of the molecule is COc1cc(N2CCN(C(C)C)CC2)ccc1Nc1nc(Nc2cccc(F)c2C(N)=O)c2ccn(S(=O)(=O)c3ccc(C)cc3)c2n1. The van der Waals surface area contributed by atoms with Crippen molar-refractivity contribution in [1.82, 2.24) is 18.8 Å². The maximum Gasteiger partial charge on any atom is 0.269 e. The van der Waals surface area contributed by atoms with Gasteiger partial charge in [-0.1, -0.05) is 23.8 Å². The van der Waals surface area contributed by atoms with Gasteiger partial charge < -0.3 is 26.0 Å². The molecule has 1 fully saturated rings. The molecule has 1 aliphatic heterocycles. The minimum atomic E-state index is -4.08. The number of primary amides is 1. The third-order valence-electron chi connectivity index (χ3n) is 8.44. The standard InChI is InChI=1S/C34H37FN8O4S/c1-21(2)41-16-18-42(19-17-41)23-10-13-27(29(20-23)47-4)38-34-39-32(37-28-7-5-6-26(35)30(28)31(36)44)25-14-15-43(33(25)40-34)48(45,46)24-11-8-22(3)9-12-24/h5-15,20-21H,16-19H2,1-4H3,(H2,36,44)(H2,37,38,39,40). The molecule has 0 bridgehead atoms. The zero-order chi connectivity index (χ0) is 34.2. The van der Waals surface area contributed by atoms with Crippen molar-refractivity contribution in [2.45, 2.75) is 31.7 Å². The van der Waals surface area contributed by atoms with Crippen LogP contribution >= 0.6 is 0 Å². The van der Waals surface area contributed by atoms with Crippen molar-refractivity contribution in [2.24, 2.45) is 5.73 Å². The van der Waals surface area contributed by atoms with E-state index in [9.17, 15) is 17.6 Å². The molecule has 0 unspecified atom stereocenters. The lowest BCUT2D eigenvalue weighted by molar-refractivity contribution is 0.0997. The molecule has 1 aliphatic rings. The number of fused-ring (bicyclic) bond motifs is 1. The minimum absolute atomic E-state index is 0.0256. The number of amides is 1. The second-order valence-electron chi connectivity index (χ2n) is 11.8. The number of aryl methyl sites for hydroxylation is 1. The Labute approximate surface area is 278 Å². The number of nitrogens with two attached hydrogens (primary N) is 1. The summed E-state index contributed by atoms with van der Waals surface area (Å²) in [5.74, 6) is -1.12. The van der Waals surface area contributed by atoms with E-state index in [4.69, 9.17) is 10.5 Å². The predicted octanol–water partition coefficient (Wildman–Crippen LogP) is 5.24. The smallest absolute Gasteiger partial charge is 0.269 e. The second kappa shape index (κ2) is 13.1. The molecule has 1 amide bonds. The van der Waals surface area contributed by atoms with Gasteiger partial charge in [0.2, 0.25) is 5.95 Å². The first-order chi connectivity index (χ1) is 23.0. The van der Waals surface area contributed by atoms with E-state index in [0.717, 1.165) is 47.5 Å². The highest BCUT2D eigenvalue weighted by atomic mass is 32.2. The van der Waals surface area contributed by atoms with Gasteiger partial charge in [0.25, 0.3) is 15.9 Å². The third kappa shape index (κ3) is 6.36. The van der Waals surface area contributed by atoms with Gasteiger partial charge in [0, 0.05) is 50.2 Å². The first-order valence-electron chi connectivity index (χ1n) is 15.5. The molecule has 5 aromatic rings. The molecule has 14 heteroatoms. The molecule has 2 aromatic heterocycles. The number of anilines is 5. The number of hydrogen-bond donors (Lipinski definition) is 3. The zero-order valence-electron chi connectivity index (χ0n) is 27.1. The van der Waals surface area contributed by atoms with Gasteiger partial charge in [-0.05, 0) is 63.2 Å². The van der Waals surface area contributed by atoms with E-state index in [2.05, 4.69) is 44.2 Å². The lowest BCUT2D eigenvalue weighted by Crippen LogP contribution is -2.48. The molecule has 4 N–H and O–H groups in total. The molecule has 3 heterocycles. The van der Waals surface area contributed by atoms with Crippen LogP contribution in [0.4, 0.5) is 33.2 Å². The number of carbonyl (C=O) groups excluding carboxylic acids is 1. The van der Waals surface area contributed by atoms with Gasteiger partial charge in [-0.25, -0.2) is 16.8 Å². The van der Waals surface area contributed by atoms with Crippen molar-refractivity contribution >= 4 is 55.8 Å². The highest BCUT2D eigenvalue weighted by Crippen LogP contribution is 2.35. The van der Waals surface area contributed by atoms with Crippen LogP contribution in [0.1, 0.15) is 29.8 Å². The van der Waals surface area contributed by atoms with Crippen LogP contribution in [0.15, 0.2) is 77.8 Å². The van der Waals surface area contributed by atoms with Crippen LogP contribution in [-0.4, -0.2) is 72.5 Å². The molecule has 0 spiro atoms. The first kappa shape index (κ1) is 32.7. The van der Waals surface area contributed by atoms with Gasteiger partial charge in [-0.3, -0.25) is 9.69 Å². The van der Waals surface area contributed by atoms with Crippen molar-refractivity contribution < 1.29 is 22.3 Å². The van der Waals surface area contributed by atoms with Gasteiger partial charge in [0.05, 0.1) is 34.3 Å². The van der Waals surface area contributed by atoms with E-state index in [1.165, 1.54) is 36.5 Å². The van der Waals surface area contributed by atoms with Gasteiger partial charge >= 0.3 is 0 Å². The van der Waals surface area contributed by atoms with E-state index < -0.39 is 21.7 Å². The fourth-order valence-corrected chi connectivity index (χ4v) is 7.06. The van der Waals surface area contributed by atoms with Crippen LogP contribution < -0.4 is 26.0 Å². The van der Waals surface area contributed by atoms with Crippen LogP contribution in [0.25, 0.3) is 11.0 Å². The largest absolute Gasteiger partial charge is 0.494 e. The number of rotatable bonds is 10. The van der Waals surface area contributed by atoms with Crippen molar-refractivity contribution in [1.29, 1.82) is 0 Å². The third-order valence-corrected chi connectivity index (χ3v) is 10.1. The monoisotopic (exact) mass is 672 g/mol. The fourth-order valence-electron chi connectivity index (χ4n) is 5.76. The minimum Gasteiger partial charge on any atom is -0.494 e. The van der Waals surface area contributed by atoms with Crippen LogP contribution in [0.5, 0.6) is 5.75 Å². The van der Waals surface area contributed by atoms with E-state index in [1.54, 1.807) is 19.2 Å². The molecule has 0 aliphatic carbocycles. The van der Waals surface area contributed by atoms with Crippen LogP contribution in [0.3, 0.4) is 0 Å². The number of halogens is 1. The molecule has 1 saturated heterocycles. The summed E-state index contributed by atoms with van der Waals surface area (Å²) >= 11 is 0.